The molecule has 0 bridgehead atoms. The zero-order valence-corrected chi connectivity index (χ0v) is 15.5. The molecule has 1 amide bonds. The molecule has 1 aliphatic rings. The van der Waals surface area contributed by atoms with Gasteiger partial charge in [0.1, 0.15) is 5.82 Å². The molecular formula is C24H19FN2O2. The molecule has 0 fully saturated rings. The van der Waals surface area contributed by atoms with Gasteiger partial charge in [0.15, 0.2) is 0 Å². The summed E-state index contributed by atoms with van der Waals surface area (Å²) >= 11 is 0. The van der Waals surface area contributed by atoms with Crippen molar-refractivity contribution >= 4 is 29.6 Å². The molecule has 3 aromatic carbocycles. The lowest BCUT2D eigenvalue weighted by Gasteiger charge is -2.28. The van der Waals surface area contributed by atoms with E-state index in [9.17, 15) is 14.3 Å². The molecule has 2 N–H and O–H groups in total. The highest BCUT2D eigenvalue weighted by Crippen LogP contribution is 2.34. The lowest BCUT2D eigenvalue weighted by atomic mass is 9.81. The zero-order valence-electron chi connectivity index (χ0n) is 15.5. The van der Waals surface area contributed by atoms with E-state index in [2.05, 4.69) is 10.3 Å². The number of nitrogens with one attached hydrogen (secondary N) is 1. The van der Waals surface area contributed by atoms with Crippen molar-refractivity contribution in [2.24, 2.45) is 4.99 Å². The van der Waals surface area contributed by atoms with E-state index >= 15 is 0 Å². The number of para-hydroxylation sites is 1. The molecule has 0 aliphatic heterocycles. The average Bonchev–Trinajstić information content (AvgIpc) is 2.73. The van der Waals surface area contributed by atoms with E-state index in [0.29, 0.717) is 11.4 Å². The zero-order chi connectivity index (χ0) is 20.2. The first-order chi connectivity index (χ1) is 14.1. The number of carbonyl (C=O) groups excluding carboxylic acids is 1. The van der Waals surface area contributed by atoms with Crippen LogP contribution in [-0.2, 0) is 4.79 Å². The maximum absolute atomic E-state index is 13.4. The quantitative estimate of drug-likeness (QED) is 0.638. The van der Waals surface area contributed by atoms with Crippen LogP contribution >= 0.6 is 0 Å². The van der Waals surface area contributed by atoms with Gasteiger partial charge in [0.2, 0.25) is 0 Å². The summed E-state index contributed by atoms with van der Waals surface area (Å²) in [6, 6.07) is 22.5. The second-order valence-electron chi connectivity index (χ2n) is 6.78. The Morgan fingerprint density at radius 1 is 1.00 bits per heavy atom. The number of aliphatic hydroxyl groups excluding tert-OH is 1. The smallest absolute Gasteiger partial charge is 0.254 e. The first-order valence-electron chi connectivity index (χ1n) is 9.26. The van der Waals surface area contributed by atoms with Gasteiger partial charge in [0.25, 0.3) is 5.91 Å². The van der Waals surface area contributed by atoms with Crippen LogP contribution in [0.1, 0.15) is 17.0 Å². The average molecular weight is 386 g/mol. The number of rotatable bonds is 4. The summed E-state index contributed by atoms with van der Waals surface area (Å²) in [7, 11) is 0. The Kier molecular flexibility index (Phi) is 5.31. The fraction of sp³-hybridized carbons (Fsp3) is 0.0833. The number of carbonyl (C=O) groups is 1. The molecule has 0 aromatic heterocycles. The SMILES string of the molecule is O=C(Nc1ccccc1)C1=Cc2ccccc2C(/C=N\c2cccc(F)c2)C1O. The molecule has 4 nitrogen and oxygen atoms in total. The third kappa shape index (κ3) is 4.15. The summed E-state index contributed by atoms with van der Waals surface area (Å²) in [4.78, 5) is 17.2. The molecule has 2 unspecified atom stereocenters. The lowest BCUT2D eigenvalue weighted by Crippen LogP contribution is -2.32. The van der Waals surface area contributed by atoms with Gasteiger partial charge in [0.05, 0.1) is 17.7 Å². The normalized spacial score (nSPS) is 18.2. The van der Waals surface area contributed by atoms with Crippen LogP contribution in [0.4, 0.5) is 15.8 Å². The third-order valence-electron chi connectivity index (χ3n) is 4.81. The first-order valence-corrected chi connectivity index (χ1v) is 9.26. The topological polar surface area (TPSA) is 61.7 Å². The molecule has 0 saturated carbocycles. The summed E-state index contributed by atoms with van der Waals surface area (Å²) in [6.45, 7) is 0. The third-order valence-corrected chi connectivity index (χ3v) is 4.81. The summed E-state index contributed by atoms with van der Waals surface area (Å²) < 4.78 is 13.4. The number of nitrogens with zero attached hydrogens (tertiary/aromatic N) is 1. The Hall–Kier alpha value is -3.57. The number of aliphatic hydroxyl groups is 1. The largest absolute Gasteiger partial charge is 0.387 e. The number of benzene rings is 3. The van der Waals surface area contributed by atoms with Gasteiger partial charge in [-0.1, -0.05) is 48.5 Å². The molecule has 0 heterocycles. The molecule has 0 saturated heterocycles. The number of fused-ring (bicyclic) bond motifs is 1. The van der Waals surface area contributed by atoms with Crippen LogP contribution in [-0.4, -0.2) is 23.3 Å². The van der Waals surface area contributed by atoms with E-state index in [1.807, 2.05) is 42.5 Å². The Labute approximate surface area is 168 Å². The summed E-state index contributed by atoms with van der Waals surface area (Å²) in [6.07, 6.45) is 2.19. The maximum Gasteiger partial charge on any atom is 0.254 e. The lowest BCUT2D eigenvalue weighted by molar-refractivity contribution is -0.113. The van der Waals surface area contributed by atoms with Gasteiger partial charge in [0, 0.05) is 17.5 Å². The van der Waals surface area contributed by atoms with Gasteiger partial charge in [-0.05, 0) is 47.5 Å². The van der Waals surface area contributed by atoms with Crippen LogP contribution in [0.2, 0.25) is 0 Å². The van der Waals surface area contributed by atoms with Crippen LogP contribution < -0.4 is 5.32 Å². The van der Waals surface area contributed by atoms with E-state index in [4.69, 9.17) is 0 Å². The van der Waals surface area contributed by atoms with Gasteiger partial charge >= 0.3 is 0 Å². The van der Waals surface area contributed by atoms with E-state index in [1.54, 1.807) is 36.6 Å². The number of amides is 1. The fourth-order valence-corrected chi connectivity index (χ4v) is 3.37. The van der Waals surface area contributed by atoms with Crippen molar-refractivity contribution in [1.82, 2.24) is 0 Å². The van der Waals surface area contributed by atoms with E-state index in [0.717, 1.165) is 11.1 Å². The molecule has 4 rings (SSSR count). The van der Waals surface area contributed by atoms with Crippen molar-refractivity contribution < 1.29 is 14.3 Å². The van der Waals surface area contributed by atoms with Gasteiger partial charge < -0.3 is 10.4 Å². The summed E-state index contributed by atoms with van der Waals surface area (Å²) in [5, 5.41) is 13.8. The second kappa shape index (κ2) is 8.20. The van der Waals surface area contributed by atoms with E-state index in [-0.39, 0.29) is 17.3 Å². The minimum atomic E-state index is -1.08. The Morgan fingerprint density at radius 3 is 2.55 bits per heavy atom. The van der Waals surface area contributed by atoms with Crippen molar-refractivity contribution in [2.75, 3.05) is 5.32 Å². The number of anilines is 1. The minimum Gasteiger partial charge on any atom is -0.387 e. The predicted molar refractivity (Wildman–Crippen MR) is 113 cm³/mol. The molecule has 5 heteroatoms. The Bertz CT molecular complexity index is 1090. The summed E-state index contributed by atoms with van der Waals surface area (Å²) in [5.74, 6) is -1.29. The van der Waals surface area contributed by atoms with E-state index in [1.165, 1.54) is 12.1 Å². The van der Waals surface area contributed by atoms with Crippen LogP contribution in [0.3, 0.4) is 0 Å². The molecule has 1 aliphatic carbocycles. The van der Waals surface area contributed by atoms with Crippen LogP contribution in [0.5, 0.6) is 0 Å². The highest BCUT2D eigenvalue weighted by atomic mass is 19.1. The standard InChI is InChI=1S/C24H19FN2O2/c25-17-8-6-11-19(14-17)26-15-22-20-12-5-4-7-16(20)13-21(23(22)28)24(29)27-18-9-2-1-3-10-18/h1-15,22-23,28H,(H,27,29)/b26-15-. The second-order valence-corrected chi connectivity index (χ2v) is 6.78. The van der Waals surface area contributed by atoms with Crippen molar-refractivity contribution in [2.45, 2.75) is 12.0 Å². The molecule has 0 spiro atoms. The molecule has 144 valence electrons. The molecule has 0 radical (unpaired) electrons. The fourth-order valence-electron chi connectivity index (χ4n) is 3.37. The van der Waals surface area contributed by atoms with Crippen molar-refractivity contribution in [3.63, 3.8) is 0 Å². The van der Waals surface area contributed by atoms with Crippen molar-refractivity contribution in [3.05, 3.63) is 101 Å². The highest BCUT2D eigenvalue weighted by molar-refractivity contribution is 6.09. The van der Waals surface area contributed by atoms with Gasteiger partial charge in [-0.15, -0.1) is 0 Å². The summed E-state index contributed by atoms with van der Waals surface area (Å²) in [5.41, 5.74) is 3.04. The van der Waals surface area contributed by atoms with Crippen LogP contribution in [0.15, 0.2) is 89.4 Å². The van der Waals surface area contributed by atoms with Crippen molar-refractivity contribution in [1.29, 1.82) is 0 Å². The molecular weight excluding hydrogens is 367 g/mol. The van der Waals surface area contributed by atoms with Gasteiger partial charge in [-0.25, -0.2) is 4.39 Å². The number of hydrogen-bond donors (Lipinski definition) is 2. The molecule has 3 aromatic rings. The maximum atomic E-state index is 13.4. The van der Waals surface area contributed by atoms with Gasteiger partial charge in [-0.2, -0.15) is 0 Å². The number of aliphatic imine (C=N–C) groups is 1. The van der Waals surface area contributed by atoms with Crippen LogP contribution in [0.25, 0.3) is 6.08 Å². The van der Waals surface area contributed by atoms with E-state index < -0.39 is 12.0 Å². The monoisotopic (exact) mass is 386 g/mol. The Morgan fingerprint density at radius 2 is 1.76 bits per heavy atom. The number of halogens is 1. The molecule has 29 heavy (non-hydrogen) atoms. The Balaban J connectivity index is 1.66. The highest BCUT2D eigenvalue weighted by Gasteiger charge is 2.32. The van der Waals surface area contributed by atoms with Crippen LogP contribution in [0, 0.1) is 5.82 Å². The van der Waals surface area contributed by atoms with Gasteiger partial charge in [-0.3, -0.25) is 9.79 Å². The van der Waals surface area contributed by atoms with Crippen molar-refractivity contribution in [3.8, 4) is 0 Å². The minimum absolute atomic E-state index is 0.253. The molecule has 2 atom stereocenters. The number of hydrogen-bond acceptors (Lipinski definition) is 3. The first kappa shape index (κ1) is 18.8. The predicted octanol–water partition coefficient (Wildman–Crippen LogP) is 4.71.